The molecule has 2 aromatic carbocycles. The zero-order chi connectivity index (χ0) is 19.4. The number of nitro benzene ring substituents is 1. The summed E-state index contributed by atoms with van der Waals surface area (Å²) in [6.45, 7) is 7.65. The van der Waals surface area contributed by atoms with E-state index in [9.17, 15) is 14.9 Å². The smallest absolute Gasteiger partial charge is 0.271 e. The third-order valence-electron chi connectivity index (χ3n) is 3.98. The topological polar surface area (TPSA) is 81.5 Å². The monoisotopic (exact) mass is 420 g/mol. The first kappa shape index (κ1) is 19.9. The Morgan fingerprint density at radius 1 is 1.23 bits per heavy atom. The predicted octanol–water partition coefficient (Wildman–Crippen LogP) is 5.12. The molecule has 0 radical (unpaired) electrons. The number of amides is 1. The lowest BCUT2D eigenvalue weighted by Crippen LogP contribution is -2.21. The van der Waals surface area contributed by atoms with Gasteiger partial charge in [-0.15, -0.1) is 0 Å². The molecule has 0 aromatic heterocycles. The van der Waals surface area contributed by atoms with Gasteiger partial charge in [0.15, 0.2) is 6.61 Å². The number of halogens is 1. The van der Waals surface area contributed by atoms with Crippen LogP contribution in [0.5, 0.6) is 5.75 Å². The summed E-state index contributed by atoms with van der Waals surface area (Å²) in [7, 11) is 0. The molecule has 0 fully saturated rings. The minimum Gasteiger partial charge on any atom is -0.483 e. The normalized spacial score (nSPS) is 10.7. The van der Waals surface area contributed by atoms with E-state index in [4.69, 9.17) is 4.74 Å². The SMILES string of the molecule is Cc1cc(OCC(=O)Nc2cc([N+](=O)[O-])ccc2C)c(C(C)C)cc1Br. The van der Waals surface area contributed by atoms with Crippen LogP contribution >= 0.6 is 15.9 Å². The fourth-order valence-electron chi connectivity index (χ4n) is 2.43. The van der Waals surface area contributed by atoms with E-state index in [0.29, 0.717) is 11.4 Å². The third-order valence-corrected chi connectivity index (χ3v) is 4.83. The maximum Gasteiger partial charge on any atom is 0.271 e. The molecular weight excluding hydrogens is 400 g/mol. The van der Waals surface area contributed by atoms with Crippen LogP contribution in [0, 0.1) is 24.0 Å². The number of nitro groups is 1. The summed E-state index contributed by atoms with van der Waals surface area (Å²) < 4.78 is 6.71. The van der Waals surface area contributed by atoms with E-state index in [0.717, 1.165) is 21.2 Å². The van der Waals surface area contributed by atoms with Gasteiger partial charge in [-0.25, -0.2) is 0 Å². The summed E-state index contributed by atoms with van der Waals surface area (Å²) in [5.41, 5.74) is 3.09. The van der Waals surface area contributed by atoms with Gasteiger partial charge >= 0.3 is 0 Å². The van der Waals surface area contributed by atoms with Gasteiger partial charge in [-0.05, 0) is 48.6 Å². The molecule has 0 aliphatic carbocycles. The van der Waals surface area contributed by atoms with Crippen LogP contribution in [-0.2, 0) is 4.79 Å². The number of nitrogens with zero attached hydrogens (tertiary/aromatic N) is 1. The second-order valence-electron chi connectivity index (χ2n) is 6.39. The maximum atomic E-state index is 12.2. The molecule has 2 rings (SSSR count). The molecule has 26 heavy (non-hydrogen) atoms. The Labute approximate surface area is 160 Å². The highest BCUT2D eigenvalue weighted by atomic mass is 79.9. The van der Waals surface area contributed by atoms with Gasteiger partial charge < -0.3 is 10.1 Å². The molecule has 2 aromatic rings. The number of nitrogens with one attached hydrogen (secondary N) is 1. The molecule has 6 nitrogen and oxygen atoms in total. The maximum absolute atomic E-state index is 12.2. The summed E-state index contributed by atoms with van der Waals surface area (Å²) in [5, 5.41) is 13.6. The average molecular weight is 421 g/mol. The number of hydrogen-bond acceptors (Lipinski definition) is 4. The van der Waals surface area contributed by atoms with Gasteiger partial charge in [0, 0.05) is 16.6 Å². The van der Waals surface area contributed by atoms with Crippen molar-refractivity contribution in [2.24, 2.45) is 0 Å². The number of rotatable bonds is 6. The molecule has 1 amide bonds. The van der Waals surface area contributed by atoms with Gasteiger partial charge in [-0.2, -0.15) is 0 Å². The Hall–Kier alpha value is -2.41. The number of carbonyl (C=O) groups excluding carboxylic acids is 1. The molecule has 1 N–H and O–H groups in total. The number of aryl methyl sites for hydroxylation is 2. The van der Waals surface area contributed by atoms with Crippen molar-refractivity contribution in [1.82, 2.24) is 0 Å². The Kier molecular flexibility index (Phi) is 6.37. The largest absolute Gasteiger partial charge is 0.483 e. The predicted molar refractivity (Wildman–Crippen MR) is 105 cm³/mol. The van der Waals surface area contributed by atoms with Crippen molar-refractivity contribution in [3.63, 3.8) is 0 Å². The number of carbonyl (C=O) groups is 1. The van der Waals surface area contributed by atoms with E-state index in [-0.39, 0.29) is 24.1 Å². The number of hydrogen-bond donors (Lipinski definition) is 1. The van der Waals surface area contributed by atoms with E-state index < -0.39 is 4.92 Å². The van der Waals surface area contributed by atoms with Crippen molar-refractivity contribution >= 4 is 33.2 Å². The zero-order valence-corrected chi connectivity index (χ0v) is 16.7. The number of anilines is 1. The molecule has 0 heterocycles. The van der Waals surface area contributed by atoms with Crippen LogP contribution in [0.1, 0.15) is 36.5 Å². The highest BCUT2D eigenvalue weighted by Crippen LogP contribution is 2.32. The van der Waals surface area contributed by atoms with Crippen LogP contribution in [0.15, 0.2) is 34.8 Å². The first-order valence-corrected chi connectivity index (χ1v) is 8.96. The fraction of sp³-hybridized carbons (Fsp3) is 0.316. The minimum absolute atomic E-state index is 0.0718. The number of non-ortho nitro benzene ring substituents is 1. The van der Waals surface area contributed by atoms with Crippen molar-refractivity contribution in [1.29, 1.82) is 0 Å². The summed E-state index contributed by atoms with van der Waals surface area (Å²) >= 11 is 3.51. The highest BCUT2D eigenvalue weighted by molar-refractivity contribution is 9.10. The van der Waals surface area contributed by atoms with Crippen LogP contribution in [0.25, 0.3) is 0 Å². The lowest BCUT2D eigenvalue weighted by molar-refractivity contribution is -0.384. The van der Waals surface area contributed by atoms with E-state index >= 15 is 0 Å². The van der Waals surface area contributed by atoms with Crippen LogP contribution in [0.2, 0.25) is 0 Å². The molecule has 0 saturated heterocycles. The molecule has 0 saturated carbocycles. The number of benzene rings is 2. The lowest BCUT2D eigenvalue weighted by atomic mass is 10.0. The zero-order valence-electron chi connectivity index (χ0n) is 15.1. The molecular formula is C19H21BrN2O4. The Morgan fingerprint density at radius 2 is 1.92 bits per heavy atom. The quantitative estimate of drug-likeness (QED) is 0.519. The summed E-state index contributed by atoms with van der Waals surface area (Å²) in [6, 6.07) is 8.24. The molecule has 7 heteroatoms. The Bertz CT molecular complexity index is 850. The van der Waals surface area contributed by atoms with Crippen LogP contribution in [-0.4, -0.2) is 17.4 Å². The highest BCUT2D eigenvalue weighted by Gasteiger charge is 2.14. The van der Waals surface area contributed by atoms with Crippen molar-refractivity contribution in [2.45, 2.75) is 33.6 Å². The molecule has 138 valence electrons. The van der Waals surface area contributed by atoms with E-state index in [1.165, 1.54) is 12.1 Å². The van der Waals surface area contributed by atoms with Crippen LogP contribution < -0.4 is 10.1 Å². The van der Waals surface area contributed by atoms with Crippen molar-refractivity contribution < 1.29 is 14.5 Å². The minimum atomic E-state index is -0.495. The summed E-state index contributed by atoms with van der Waals surface area (Å²) in [5.74, 6) is 0.527. The molecule has 0 unspecified atom stereocenters. The van der Waals surface area contributed by atoms with E-state index in [1.54, 1.807) is 13.0 Å². The van der Waals surface area contributed by atoms with Gasteiger partial charge in [0.2, 0.25) is 0 Å². The van der Waals surface area contributed by atoms with Crippen LogP contribution in [0.4, 0.5) is 11.4 Å². The van der Waals surface area contributed by atoms with E-state index in [2.05, 4.69) is 35.1 Å². The molecule has 0 aliphatic rings. The standard InChI is InChI=1S/C19H21BrN2O4/c1-11(2)15-9-16(20)13(4)7-18(15)26-10-19(23)21-17-8-14(22(24)25)6-5-12(17)3/h5-9,11H,10H2,1-4H3,(H,21,23). The second kappa shape index (κ2) is 8.31. The number of ether oxygens (including phenoxy) is 1. The van der Waals surface area contributed by atoms with Gasteiger partial charge in [0.05, 0.1) is 10.6 Å². The molecule has 0 bridgehead atoms. The molecule has 0 spiro atoms. The lowest BCUT2D eigenvalue weighted by Gasteiger charge is -2.16. The first-order valence-electron chi connectivity index (χ1n) is 8.16. The summed E-state index contributed by atoms with van der Waals surface area (Å²) in [4.78, 5) is 22.6. The van der Waals surface area contributed by atoms with Crippen molar-refractivity contribution in [2.75, 3.05) is 11.9 Å². The van der Waals surface area contributed by atoms with Gasteiger partial charge in [0.1, 0.15) is 5.75 Å². The third kappa shape index (κ3) is 4.82. The second-order valence-corrected chi connectivity index (χ2v) is 7.24. The van der Waals surface area contributed by atoms with E-state index in [1.807, 2.05) is 19.1 Å². The van der Waals surface area contributed by atoms with Crippen molar-refractivity contribution in [3.8, 4) is 5.75 Å². The Morgan fingerprint density at radius 3 is 2.54 bits per heavy atom. The van der Waals surface area contributed by atoms with Gasteiger partial charge in [-0.1, -0.05) is 35.8 Å². The first-order chi connectivity index (χ1) is 12.2. The fourth-order valence-corrected chi connectivity index (χ4v) is 2.80. The molecule has 0 aliphatic heterocycles. The Balaban J connectivity index is 2.12. The van der Waals surface area contributed by atoms with Crippen molar-refractivity contribution in [3.05, 3.63) is 61.6 Å². The van der Waals surface area contributed by atoms with Gasteiger partial charge in [0.25, 0.3) is 11.6 Å². The average Bonchev–Trinajstić information content (AvgIpc) is 2.57. The van der Waals surface area contributed by atoms with Crippen LogP contribution in [0.3, 0.4) is 0 Å². The molecule has 0 atom stereocenters. The summed E-state index contributed by atoms with van der Waals surface area (Å²) in [6.07, 6.45) is 0. The van der Waals surface area contributed by atoms with Gasteiger partial charge in [-0.3, -0.25) is 14.9 Å².